The molecule has 0 fully saturated rings. The SMILES string of the molecule is CCC(CC)c1nc(Cc2c(C)cc(OCC3=NOC(=O)C(C)CC3)c(F)c2C)ccc1O. The van der Waals surface area contributed by atoms with Gasteiger partial charge in [0.15, 0.2) is 11.6 Å². The molecule has 1 aliphatic heterocycles. The number of hydrogen-bond donors (Lipinski definition) is 1. The van der Waals surface area contributed by atoms with Crippen molar-refractivity contribution in [1.82, 2.24) is 4.98 Å². The zero-order chi connectivity index (χ0) is 24.1. The molecule has 2 heterocycles. The van der Waals surface area contributed by atoms with Crippen LogP contribution in [0.3, 0.4) is 0 Å². The summed E-state index contributed by atoms with van der Waals surface area (Å²) in [6, 6.07) is 5.15. The average Bonchev–Trinajstić information content (AvgIpc) is 2.96. The summed E-state index contributed by atoms with van der Waals surface area (Å²) in [6.45, 7) is 9.67. The van der Waals surface area contributed by atoms with Crippen LogP contribution < -0.4 is 4.74 Å². The smallest absolute Gasteiger partial charge is 0.337 e. The number of hydrogen-bond acceptors (Lipinski definition) is 6. The second-order valence-corrected chi connectivity index (χ2v) is 8.80. The molecule has 178 valence electrons. The minimum absolute atomic E-state index is 0.0629. The summed E-state index contributed by atoms with van der Waals surface area (Å²) in [5.74, 6) is -0.454. The number of carbonyl (C=O) groups is 1. The number of carbonyl (C=O) groups excluding carboxylic acids is 1. The molecule has 6 nitrogen and oxygen atoms in total. The highest BCUT2D eigenvalue weighted by atomic mass is 19.1. The zero-order valence-electron chi connectivity index (χ0n) is 20.1. The first-order chi connectivity index (χ1) is 15.7. The molecule has 1 atom stereocenters. The van der Waals surface area contributed by atoms with Crippen LogP contribution in [-0.4, -0.2) is 28.4 Å². The van der Waals surface area contributed by atoms with Crippen LogP contribution in [0.5, 0.6) is 11.5 Å². The van der Waals surface area contributed by atoms with Gasteiger partial charge in [-0.15, -0.1) is 0 Å². The Morgan fingerprint density at radius 2 is 2.00 bits per heavy atom. The summed E-state index contributed by atoms with van der Waals surface area (Å²) < 4.78 is 20.9. The van der Waals surface area contributed by atoms with E-state index in [-0.39, 0.29) is 35.9 Å². The Morgan fingerprint density at radius 3 is 2.70 bits per heavy atom. The third kappa shape index (κ3) is 5.70. The highest BCUT2D eigenvalue weighted by Crippen LogP contribution is 2.32. The second-order valence-electron chi connectivity index (χ2n) is 8.80. The van der Waals surface area contributed by atoms with Gasteiger partial charge in [0.1, 0.15) is 12.4 Å². The van der Waals surface area contributed by atoms with Crippen LogP contribution in [0.15, 0.2) is 23.4 Å². The van der Waals surface area contributed by atoms with Crippen molar-refractivity contribution in [2.75, 3.05) is 6.61 Å². The van der Waals surface area contributed by atoms with Gasteiger partial charge >= 0.3 is 5.97 Å². The number of aryl methyl sites for hydroxylation is 1. The molecule has 0 aliphatic carbocycles. The molecule has 1 N–H and O–H groups in total. The molecule has 0 amide bonds. The summed E-state index contributed by atoms with van der Waals surface area (Å²) in [5, 5.41) is 14.1. The van der Waals surface area contributed by atoms with Gasteiger partial charge in [-0.3, -0.25) is 4.98 Å². The van der Waals surface area contributed by atoms with Crippen LogP contribution in [0.4, 0.5) is 4.39 Å². The Hall–Kier alpha value is -2.96. The predicted molar refractivity (Wildman–Crippen MR) is 125 cm³/mol. The Kier molecular flexibility index (Phi) is 8.06. The third-order valence-corrected chi connectivity index (χ3v) is 6.44. The largest absolute Gasteiger partial charge is 0.506 e. The van der Waals surface area contributed by atoms with Gasteiger partial charge in [0.05, 0.1) is 17.3 Å². The van der Waals surface area contributed by atoms with E-state index < -0.39 is 5.82 Å². The first-order valence-corrected chi connectivity index (χ1v) is 11.6. The molecule has 0 bridgehead atoms. The molecule has 1 aliphatic rings. The molecule has 0 spiro atoms. The lowest BCUT2D eigenvalue weighted by atomic mass is 9.95. The van der Waals surface area contributed by atoms with E-state index in [1.165, 1.54) is 0 Å². The quantitative estimate of drug-likeness (QED) is 0.512. The van der Waals surface area contributed by atoms with Gasteiger partial charge in [-0.25, -0.2) is 9.18 Å². The molecular weight excluding hydrogens is 423 g/mol. The first kappa shape index (κ1) is 24.7. The fourth-order valence-electron chi connectivity index (χ4n) is 4.11. The van der Waals surface area contributed by atoms with E-state index in [9.17, 15) is 9.90 Å². The maximum atomic E-state index is 15.2. The van der Waals surface area contributed by atoms with Crippen LogP contribution >= 0.6 is 0 Å². The van der Waals surface area contributed by atoms with Crippen molar-refractivity contribution < 1.29 is 23.9 Å². The standard InChI is InChI=1S/C26H33FN2O4/c1-6-18(7-2)25-22(30)11-10-19(28-25)13-21-16(4)12-23(24(27)17(21)5)32-14-20-9-8-15(3)26(31)33-29-20/h10-12,15,18,30H,6-9,13-14H2,1-5H3. The number of halogens is 1. The van der Waals surface area contributed by atoms with Gasteiger partial charge in [0.2, 0.25) is 0 Å². The number of ether oxygens (including phenoxy) is 1. The lowest BCUT2D eigenvalue weighted by Gasteiger charge is -2.17. The minimum Gasteiger partial charge on any atom is -0.506 e. The number of benzene rings is 1. The van der Waals surface area contributed by atoms with Gasteiger partial charge in [-0.2, -0.15) is 0 Å². The lowest BCUT2D eigenvalue weighted by Crippen LogP contribution is -2.13. The van der Waals surface area contributed by atoms with Crippen LogP contribution in [-0.2, 0) is 16.1 Å². The monoisotopic (exact) mass is 456 g/mol. The summed E-state index contributed by atoms with van der Waals surface area (Å²) >= 11 is 0. The Bertz CT molecular complexity index is 1050. The Balaban J connectivity index is 1.79. The molecule has 0 saturated carbocycles. The summed E-state index contributed by atoms with van der Waals surface area (Å²) in [4.78, 5) is 21.2. The molecule has 1 aromatic carbocycles. The fraction of sp³-hybridized carbons (Fsp3) is 0.500. The summed E-state index contributed by atoms with van der Waals surface area (Å²) in [7, 11) is 0. The first-order valence-electron chi connectivity index (χ1n) is 11.6. The number of aromatic hydroxyl groups is 1. The van der Waals surface area contributed by atoms with Gasteiger partial charge < -0.3 is 14.7 Å². The van der Waals surface area contributed by atoms with Crippen LogP contribution in [0, 0.1) is 25.6 Å². The fourth-order valence-corrected chi connectivity index (χ4v) is 4.11. The maximum Gasteiger partial charge on any atom is 0.337 e. The van der Waals surface area contributed by atoms with E-state index in [2.05, 4.69) is 19.0 Å². The molecule has 1 unspecified atom stereocenters. The topological polar surface area (TPSA) is 81.0 Å². The highest BCUT2D eigenvalue weighted by Gasteiger charge is 2.22. The number of pyridine rings is 1. The number of aromatic nitrogens is 1. The Labute approximate surface area is 194 Å². The normalized spacial score (nSPS) is 16.4. The van der Waals surface area contributed by atoms with Crippen molar-refractivity contribution in [3.63, 3.8) is 0 Å². The van der Waals surface area contributed by atoms with Crippen molar-refractivity contribution >= 4 is 11.7 Å². The summed E-state index contributed by atoms with van der Waals surface area (Å²) in [6.07, 6.45) is 3.43. The van der Waals surface area contributed by atoms with Gasteiger partial charge in [0.25, 0.3) is 0 Å². The molecule has 2 aromatic rings. The van der Waals surface area contributed by atoms with E-state index >= 15 is 4.39 Å². The van der Waals surface area contributed by atoms with Crippen molar-refractivity contribution in [2.45, 2.75) is 72.6 Å². The van der Waals surface area contributed by atoms with Crippen LogP contribution in [0.1, 0.15) is 80.5 Å². The second kappa shape index (κ2) is 10.8. The van der Waals surface area contributed by atoms with E-state index in [1.54, 1.807) is 32.0 Å². The van der Waals surface area contributed by atoms with E-state index in [0.29, 0.717) is 36.2 Å². The van der Waals surface area contributed by atoms with E-state index in [0.717, 1.165) is 29.7 Å². The molecule has 7 heteroatoms. The van der Waals surface area contributed by atoms with Crippen molar-refractivity contribution in [2.24, 2.45) is 11.1 Å². The summed E-state index contributed by atoms with van der Waals surface area (Å²) in [5.41, 5.74) is 4.32. The van der Waals surface area contributed by atoms with E-state index in [1.807, 2.05) is 6.92 Å². The number of oxime groups is 1. The van der Waals surface area contributed by atoms with Gasteiger partial charge in [-0.1, -0.05) is 25.9 Å². The average molecular weight is 457 g/mol. The molecular formula is C26H33FN2O4. The minimum atomic E-state index is -0.422. The van der Waals surface area contributed by atoms with Crippen LogP contribution in [0.25, 0.3) is 0 Å². The Morgan fingerprint density at radius 1 is 1.27 bits per heavy atom. The predicted octanol–water partition coefficient (Wildman–Crippen LogP) is 5.75. The van der Waals surface area contributed by atoms with Crippen LogP contribution in [0.2, 0.25) is 0 Å². The molecule has 0 saturated heterocycles. The highest BCUT2D eigenvalue weighted by molar-refractivity contribution is 5.88. The molecule has 33 heavy (non-hydrogen) atoms. The van der Waals surface area contributed by atoms with E-state index in [4.69, 9.17) is 14.6 Å². The van der Waals surface area contributed by atoms with Crippen molar-refractivity contribution in [1.29, 1.82) is 0 Å². The van der Waals surface area contributed by atoms with Crippen molar-refractivity contribution in [3.8, 4) is 11.5 Å². The molecule has 1 aromatic heterocycles. The van der Waals surface area contributed by atoms with Crippen molar-refractivity contribution in [3.05, 3.63) is 52.1 Å². The number of nitrogens with zero attached hydrogens (tertiary/aromatic N) is 2. The number of rotatable bonds is 8. The van der Waals surface area contributed by atoms with Gasteiger partial charge in [-0.05, 0) is 74.4 Å². The molecule has 3 rings (SSSR count). The maximum absolute atomic E-state index is 15.2. The lowest BCUT2D eigenvalue weighted by molar-refractivity contribution is -0.147. The zero-order valence-corrected chi connectivity index (χ0v) is 20.1. The molecule has 0 radical (unpaired) electrons. The van der Waals surface area contributed by atoms with Gasteiger partial charge in [0, 0.05) is 18.0 Å². The third-order valence-electron chi connectivity index (χ3n) is 6.44.